The minimum absolute atomic E-state index is 0.658. The molecular formula is C50H30N4. The third kappa shape index (κ3) is 4.13. The van der Waals surface area contributed by atoms with Crippen LogP contribution in [0.4, 0.5) is 0 Å². The smallest absolute Gasteiger partial charge is 0.235 e. The molecule has 0 fully saturated rings. The summed E-state index contributed by atoms with van der Waals surface area (Å²) in [5, 5.41) is 8.47. The van der Waals surface area contributed by atoms with Crippen LogP contribution >= 0.6 is 0 Å². The first kappa shape index (κ1) is 29.3. The molecule has 54 heavy (non-hydrogen) atoms. The largest absolute Gasteiger partial charge is 0.308 e. The predicted molar refractivity (Wildman–Crippen MR) is 225 cm³/mol. The number of hydrogen-bond acceptors (Lipinski definition) is 2. The fraction of sp³-hybridized carbons (Fsp3) is 0. The van der Waals surface area contributed by atoms with Crippen molar-refractivity contribution in [2.45, 2.75) is 0 Å². The monoisotopic (exact) mass is 686 g/mol. The molecule has 12 rings (SSSR count). The number of rotatable bonds is 4. The van der Waals surface area contributed by atoms with Crippen LogP contribution in [0.3, 0.4) is 0 Å². The lowest BCUT2D eigenvalue weighted by atomic mass is 9.98. The van der Waals surface area contributed by atoms with Gasteiger partial charge >= 0.3 is 0 Å². The van der Waals surface area contributed by atoms with Crippen LogP contribution in [-0.4, -0.2) is 18.9 Å². The molecule has 0 atom stereocenters. The van der Waals surface area contributed by atoms with Crippen molar-refractivity contribution in [3.05, 3.63) is 182 Å². The van der Waals surface area contributed by atoms with Crippen molar-refractivity contribution in [1.29, 1.82) is 0 Å². The first-order valence-corrected chi connectivity index (χ1v) is 18.4. The molecule has 8 aromatic carbocycles. The number of benzene rings is 8. The Hall–Kier alpha value is -7.30. The van der Waals surface area contributed by atoms with Gasteiger partial charge in [-0.1, -0.05) is 140 Å². The molecule has 4 heteroatoms. The van der Waals surface area contributed by atoms with Gasteiger partial charge in [-0.15, -0.1) is 0 Å². The normalized spacial score (nSPS) is 12.1. The highest BCUT2D eigenvalue weighted by Gasteiger charge is 2.21. The summed E-state index contributed by atoms with van der Waals surface area (Å²) in [7, 11) is 0. The zero-order chi connectivity index (χ0) is 35.3. The highest BCUT2D eigenvalue weighted by molar-refractivity contribution is 6.24. The predicted octanol–water partition coefficient (Wildman–Crippen LogP) is 12.9. The van der Waals surface area contributed by atoms with Crippen molar-refractivity contribution in [2.75, 3.05) is 0 Å². The quantitative estimate of drug-likeness (QED) is 0.185. The molecule has 0 aliphatic heterocycles. The fourth-order valence-electron chi connectivity index (χ4n) is 8.82. The van der Waals surface area contributed by atoms with E-state index in [4.69, 9.17) is 9.97 Å². The molecule has 0 spiro atoms. The lowest BCUT2D eigenvalue weighted by Crippen LogP contribution is -2.03. The van der Waals surface area contributed by atoms with Crippen molar-refractivity contribution >= 4 is 70.8 Å². The van der Waals surface area contributed by atoms with Crippen molar-refractivity contribution in [2.24, 2.45) is 0 Å². The van der Waals surface area contributed by atoms with Gasteiger partial charge in [-0.2, -0.15) is 0 Å². The van der Waals surface area contributed by atoms with Crippen LogP contribution in [0.1, 0.15) is 0 Å². The standard InChI is InChI=1S/C50H30N4/c1-2-12-31(13-3-1)32-22-24-33(25-23-32)48-40-17-4-8-18-43(40)51-50(52-48)54-46-21-11-5-14-36(46)39-27-26-34(30-47(39)54)35-28-41-37-15-6-9-19-44(37)53-45-20-10-7-16-38(45)42(29-35)49(41)53/h1-30H. The molecule has 0 aliphatic rings. The van der Waals surface area contributed by atoms with Gasteiger partial charge in [0.05, 0.1) is 38.8 Å². The third-order valence-corrected chi connectivity index (χ3v) is 11.3. The minimum Gasteiger partial charge on any atom is -0.308 e. The molecule has 4 aromatic heterocycles. The molecule has 0 unspecified atom stereocenters. The number of aromatic nitrogens is 4. The maximum absolute atomic E-state index is 5.40. The summed E-state index contributed by atoms with van der Waals surface area (Å²) in [6.45, 7) is 0. The highest BCUT2D eigenvalue weighted by atomic mass is 15.2. The van der Waals surface area contributed by atoms with E-state index >= 15 is 0 Å². The summed E-state index contributed by atoms with van der Waals surface area (Å²) in [6, 6.07) is 65.3. The van der Waals surface area contributed by atoms with Crippen molar-refractivity contribution in [3.63, 3.8) is 0 Å². The summed E-state index contributed by atoms with van der Waals surface area (Å²) >= 11 is 0. The second-order valence-electron chi connectivity index (χ2n) is 14.2. The third-order valence-electron chi connectivity index (χ3n) is 11.3. The Morgan fingerprint density at radius 2 is 0.833 bits per heavy atom. The van der Waals surface area contributed by atoms with Gasteiger partial charge in [0.15, 0.2) is 0 Å². The van der Waals surface area contributed by atoms with Gasteiger partial charge in [0.25, 0.3) is 0 Å². The van der Waals surface area contributed by atoms with Crippen molar-refractivity contribution in [1.82, 2.24) is 18.9 Å². The van der Waals surface area contributed by atoms with Crippen LogP contribution in [0.2, 0.25) is 0 Å². The number of para-hydroxylation sites is 4. The average molecular weight is 687 g/mol. The van der Waals surface area contributed by atoms with Crippen molar-refractivity contribution in [3.8, 4) is 39.5 Å². The number of fused-ring (bicyclic) bond motifs is 10. The van der Waals surface area contributed by atoms with Gasteiger partial charge in [-0.25, -0.2) is 9.97 Å². The molecule has 0 saturated carbocycles. The van der Waals surface area contributed by atoms with E-state index < -0.39 is 0 Å². The average Bonchev–Trinajstić information content (AvgIpc) is 3.88. The van der Waals surface area contributed by atoms with E-state index in [1.54, 1.807) is 0 Å². The lowest BCUT2D eigenvalue weighted by Gasteiger charge is -2.13. The molecular weight excluding hydrogens is 657 g/mol. The van der Waals surface area contributed by atoms with Gasteiger partial charge in [-0.3, -0.25) is 4.57 Å². The molecule has 0 bridgehead atoms. The Kier molecular flexibility index (Phi) is 6.02. The van der Waals surface area contributed by atoms with Crippen molar-refractivity contribution < 1.29 is 0 Å². The van der Waals surface area contributed by atoms with Gasteiger partial charge < -0.3 is 4.40 Å². The molecule has 0 amide bonds. The van der Waals surface area contributed by atoms with E-state index in [1.165, 1.54) is 65.6 Å². The van der Waals surface area contributed by atoms with Crippen LogP contribution in [0.15, 0.2) is 182 Å². The summed E-state index contributed by atoms with van der Waals surface area (Å²) in [5.74, 6) is 0.658. The summed E-state index contributed by atoms with van der Waals surface area (Å²) < 4.78 is 4.69. The second kappa shape index (κ2) is 11.1. The zero-order valence-corrected chi connectivity index (χ0v) is 29.1. The molecule has 0 radical (unpaired) electrons. The maximum atomic E-state index is 5.40. The lowest BCUT2D eigenvalue weighted by molar-refractivity contribution is 1.01. The van der Waals surface area contributed by atoms with E-state index in [9.17, 15) is 0 Å². The summed E-state index contributed by atoms with van der Waals surface area (Å²) in [5.41, 5.74) is 13.5. The fourth-order valence-corrected chi connectivity index (χ4v) is 8.82. The first-order chi connectivity index (χ1) is 26.8. The molecule has 250 valence electrons. The zero-order valence-electron chi connectivity index (χ0n) is 29.1. The van der Waals surface area contributed by atoms with E-state index in [0.717, 1.165) is 38.8 Å². The molecule has 4 nitrogen and oxygen atoms in total. The van der Waals surface area contributed by atoms with Crippen LogP contribution in [-0.2, 0) is 0 Å². The van der Waals surface area contributed by atoms with Gasteiger partial charge in [0, 0.05) is 43.3 Å². The van der Waals surface area contributed by atoms with E-state index in [1.807, 2.05) is 0 Å². The number of nitrogens with zero attached hydrogens (tertiary/aromatic N) is 4. The molecule has 0 N–H and O–H groups in total. The maximum Gasteiger partial charge on any atom is 0.235 e. The van der Waals surface area contributed by atoms with Gasteiger partial charge in [0.2, 0.25) is 5.95 Å². The Bertz CT molecular complexity index is 3340. The van der Waals surface area contributed by atoms with Crippen LogP contribution in [0.25, 0.3) is 110 Å². The van der Waals surface area contributed by atoms with E-state index in [2.05, 4.69) is 191 Å². The molecule has 0 aliphatic carbocycles. The summed E-state index contributed by atoms with van der Waals surface area (Å²) in [6.07, 6.45) is 0. The van der Waals surface area contributed by atoms with E-state index in [-0.39, 0.29) is 0 Å². The SMILES string of the molecule is c1ccc(-c2ccc(-c3nc(-n4c5ccccc5c5ccc(-c6cc7c8ccccc8n8c9ccccc9c(c6)c78)cc54)nc4ccccc34)cc2)cc1. The van der Waals surface area contributed by atoms with E-state index in [0.29, 0.717) is 5.95 Å². The summed E-state index contributed by atoms with van der Waals surface area (Å²) in [4.78, 5) is 10.6. The van der Waals surface area contributed by atoms with Gasteiger partial charge in [0.1, 0.15) is 0 Å². The number of hydrogen-bond donors (Lipinski definition) is 0. The van der Waals surface area contributed by atoms with Crippen LogP contribution < -0.4 is 0 Å². The van der Waals surface area contributed by atoms with Crippen LogP contribution in [0.5, 0.6) is 0 Å². The molecule has 12 aromatic rings. The Labute approximate surface area is 310 Å². The second-order valence-corrected chi connectivity index (χ2v) is 14.2. The highest BCUT2D eigenvalue weighted by Crippen LogP contribution is 2.43. The minimum atomic E-state index is 0.658. The molecule has 4 heterocycles. The Morgan fingerprint density at radius 1 is 0.315 bits per heavy atom. The first-order valence-electron chi connectivity index (χ1n) is 18.4. The van der Waals surface area contributed by atoms with Crippen LogP contribution in [0, 0.1) is 0 Å². The Morgan fingerprint density at radius 3 is 1.54 bits per heavy atom. The molecule has 0 saturated heterocycles. The topological polar surface area (TPSA) is 35.1 Å². The van der Waals surface area contributed by atoms with Gasteiger partial charge in [-0.05, 0) is 64.7 Å². The Balaban J connectivity index is 1.10.